The Morgan fingerprint density at radius 3 is 2.37 bits per heavy atom. The van der Waals surface area contributed by atoms with Crippen LogP contribution in [0, 0.1) is 5.92 Å². The van der Waals surface area contributed by atoms with E-state index in [9.17, 15) is 23.1 Å². The molecule has 6 nitrogen and oxygen atoms in total. The number of hydrogen-bond acceptors (Lipinski definition) is 4. The first-order chi connectivity index (χ1) is 12.7. The van der Waals surface area contributed by atoms with Crippen molar-refractivity contribution in [1.82, 2.24) is 4.90 Å². The summed E-state index contributed by atoms with van der Waals surface area (Å²) in [4.78, 5) is 26.4. The van der Waals surface area contributed by atoms with Gasteiger partial charge in [0.05, 0.1) is 16.6 Å². The third-order valence-electron chi connectivity index (χ3n) is 5.89. The Balaban J connectivity index is 1.76. The van der Waals surface area contributed by atoms with E-state index in [-0.39, 0.29) is 29.2 Å². The lowest BCUT2D eigenvalue weighted by Crippen LogP contribution is -2.46. The van der Waals surface area contributed by atoms with Gasteiger partial charge in [-0.05, 0) is 56.7 Å². The lowest BCUT2D eigenvalue weighted by Gasteiger charge is -2.33. The molecule has 27 heavy (non-hydrogen) atoms. The predicted molar refractivity (Wildman–Crippen MR) is 101 cm³/mol. The third kappa shape index (κ3) is 3.88. The van der Waals surface area contributed by atoms with Gasteiger partial charge in [0.15, 0.2) is 9.84 Å². The van der Waals surface area contributed by atoms with Crippen molar-refractivity contribution in [1.29, 1.82) is 0 Å². The minimum atomic E-state index is -3.35. The normalized spacial score (nSPS) is 25.4. The van der Waals surface area contributed by atoms with Crippen LogP contribution in [0.2, 0.25) is 0 Å². The second kappa shape index (κ2) is 7.62. The molecule has 3 unspecified atom stereocenters. The predicted octanol–water partition coefficient (Wildman–Crippen LogP) is 2.66. The largest absolute Gasteiger partial charge is 0.480 e. The van der Waals surface area contributed by atoms with Gasteiger partial charge in [-0.3, -0.25) is 4.79 Å². The highest BCUT2D eigenvalue weighted by molar-refractivity contribution is 7.92. The molecule has 0 aromatic heterocycles. The molecule has 1 aromatic carbocycles. The second-order valence-corrected chi connectivity index (χ2v) is 10.4. The lowest BCUT2D eigenvalue weighted by atomic mass is 9.84. The summed E-state index contributed by atoms with van der Waals surface area (Å²) >= 11 is 0. The Morgan fingerprint density at radius 1 is 1.15 bits per heavy atom. The number of likely N-dealkylation sites (tertiary alicyclic amines) is 1. The number of carboxylic acids is 1. The monoisotopic (exact) mass is 393 g/mol. The number of sulfone groups is 1. The van der Waals surface area contributed by atoms with E-state index in [1.54, 1.807) is 30.9 Å². The van der Waals surface area contributed by atoms with Crippen LogP contribution in [0.3, 0.4) is 0 Å². The summed E-state index contributed by atoms with van der Waals surface area (Å²) in [6.07, 6.45) is 4.61. The number of fused-ring (bicyclic) bond motifs is 1. The standard InChI is InChI=1S/C20H27NO5S/c1-13(2)27(25,26)16-9-7-14(8-10-16)11-19(22)21-17-6-4-3-5-15(17)12-18(21)20(23)24/h7-10,13,15,17-18H,3-6,11-12H2,1-2H3,(H,23,24). The van der Waals surface area contributed by atoms with Crippen LogP contribution in [-0.4, -0.2) is 47.6 Å². The highest BCUT2D eigenvalue weighted by Crippen LogP contribution is 2.40. The second-order valence-electron chi connectivity index (χ2n) is 7.92. The first-order valence-electron chi connectivity index (χ1n) is 9.58. The van der Waals surface area contributed by atoms with E-state index in [1.165, 1.54) is 12.1 Å². The zero-order valence-corrected chi connectivity index (χ0v) is 16.6. The molecule has 2 aliphatic rings. The molecule has 3 atom stereocenters. The summed E-state index contributed by atoms with van der Waals surface area (Å²) in [5.41, 5.74) is 0.700. The molecule has 0 radical (unpaired) electrons. The average molecular weight is 394 g/mol. The number of aliphatic carboxylic acids is 1. The molecule has 7 heteroatoms. The molecule has 1 aromatic rings. The van der Waals surface area contributed by atoms with Gasteiger partial charge in [0.2, 0.25) is 5.91 Å². The van der Waals surface area contributed by atoms with Crippen LogP contribution in [0.15, 0.2) is 29.2 Å². The number of carboxylic acid groups (broad SMARTS) is 1. The minimum Gasteiger partial charge on any atom is -0.480 e. The highest BCUT2D eigenvalue weighted by Gasteiger charge is 2.47. The van der Waals surface area contributed by atoms with Crippen molar-refractivity contribution >= 4 is 21.7 Å². The van der Waals surface area contributed by atoms with Crippen molar-refractivity contribution in [2.24, 2.45) is 5.92 Å². The maximum absolute atomic E-state index is 12.9. The molecule has 1 N–H and O–H groups in total. The maximum Gasteiger partial charge on any atom is 0.326 e. The van der Waals surface area contributed by atoms with Crippen molar-refractivity contribution in [2.75, 3.05) is 0 Å². The highest BCUT2D eigenvalue weighted by atomic mass is 32.2. The summed E-state index contributed by atoms with van der Waals surface area (Å²) in [6.45, 7) is 3.26. The Kier molecular flexibility index (Phi) is 5.60. The Hall–Kier alpha value is -1.89. The van der Waals surface area contributed by atoms with Crippen LogP contribution in [0.5, 0.6) is 0 Å². The van der Waals surface area contributed by atoms with E-state index in [1.807, 2.05) is 0 Å². The molecule has 0 bridgehead atoms. The first kappa shape index (κ1) is 19.9. The van der Waals surface area contributed by atoms with Crippen LogP contribution in [0.25, 0.3) is 0 Å². The molecular weight excluding hydrogens is 366 g/mol. The summed E-state index contributed by atoms with van der Waals surface area (Å²) in [6, 6.07) is 5.63. The van der Waals surface area contributed by atoms with Gasteiger partial charge in [-0.25, -0.2) is 13.2 Å². The number of amides is 1. The molecule has 0 spiro atoms. The van der Waals surface area contributed by atoms with E-state index in [0.717, 1.165) is 25.7 Å². The fourth-order valence-electron chi connectivity index (χ4n) is 4.37. The number of carbonyl (C=O) groups is 2. The zero-order valence-electron chi connectivity index (χ0n) is 15.8. The molecular formula is C20H27NO5S. The average Bonchev–Trinajstić information content (AvgIpc) is 3.02. The van der Waals surface area contributed by atoms with E-state index < -0.39 is 27.1 Å². The molecule has 1 amide bonds. The van der Waals surface area contributed by atoms with Gasteiger partial charge in [-0.2, -0.15) is 0 Å². The fraction of sp³-hybridized carbons (Fsp3) is 0.600. The van der Waals surface area contributed by atoms with Crippen molar-refractivity contribution < 1.29 is 23.1 Å². The quantitative estimate of drug-likeness (QED) is 0.830. The van der Waals surface area contributed by atoms with Gasteiger partial charge < -0.3 is 10.0 Å². The Bertz CT molecular complexity index is 815. The molecule has 1 aliphatic carbocycles. The van der Waals surface area contributed by atoms with Crippen molar-refractivity contribution in [3.63, 3.8) is 0 Å². The molecule has 2 fully saturated rings. The smallest absolute Gasteiger partial charge is 0.326 e. The topological polar surface area (TPSA) is 91.8 Å². The summed E-state index contributed by atoms with van der Waals surface area (Å²) < 4.78 is 24.4. The molecule has 1 saturated heterocycles. The van der Waals surface area contributed by atoms with Crippen LogP contribution >= 0.6 is 0 Å². The van der Waals surface area contributed by atoms with E-state index >= 15 is 0 Å². The van der Waals surface area contributed by atoms with Crippen LogP contribution in [-0.2, 0) is 25.8 Å². The first-order valence-corrected chi connectivity index (χ1v) is 11.1. The SMILES string of the molecule is CC(C)S(=O)(=O)c1ccc(CC(=O)N2C(C(=O)O)CC3CCCCC32)cc1. The fourth-order valence-corrected chi connectivity index (χ4v) is 5.43. The molecule has 3 rings (SSSR count). The molecule has 1 heterocycles. The number of nitrogens with zero attached hydrogens (tertiary/aromatic N) is 1. The summed E-state index contributed by atoms with van der Waals surface area (Å²) in [7, 11) is -3.35. The van der Waals surface area contributed by atoms with Crippen molar-refractivity contribution in [2.45, 2.75) is 74.6 Å². The van der Waals surface area contributed by atoms with Gasteiger partial charge in [0, 0.05) is 6.04 Å². The van der Waals surface area contributed by atoms with Gasteiger partial charge >= 0.3 is 5.97 Å². The van der Waals surface area contributed by atoms with Crippen molar-refractivity contribution in [3.05, 3.63) is 29.8 Å². The van der Waals surface area contributed by atoms with Gasteiger partial charge in [0.1, 0.15) is 6.04 Å². The minimum absolute atomic E-state index is 0.0212. The number of benzene rings is 1. The van der Waals surface area contributed by atoms with Gasteiger partial charge in [0.25, 0.3) is 0 Å². The zero-order chi connectivity index (χ0) is 19.8. The molecule has 148 valence electrons. The number of hydrogen-bond donors (Lipinski definition) is 1. The van der Waals surface area contributed by atoms with Crippen molar-refractivity contribution in [3.8, 4) is 0 Å². The van der Waals surface area contributed by atoms with Crippen LogP contribution in [0.1, 0.15) is 51.5 Å². The van der Waals surface area contributed by atoms with E-state index in [4.69, 9.17) is 0 Å². The van der Waals surface area contributed by atoms with Crippen LogP contribution in [0.4, 0.5) is 0 Å². The number of carbonyl (C=O) groups excluding carboxylic acids is 1. The summed E-state index contributed by atoms with van der Waals surface area (Å²) in [5.74, 6) is -0.838. The van der Waals surface area contributed by atoms with E-state index in [0.29, 0.717) is 12.0 Å². The Morgan fingerprint density at radius 2 is 1.78 bits per heavy atom. The Labute approximate surface area is 160 Å². The maximum atomic E-state index is 12.9. The summed E-state index contributed by atoms with van der Waals surface area (Å²) in [5, 5.41) is 9.06. The van der Waals surface area contributed by atoms with Crippen LogP contribution < -0.4 is 0 Å². The van der Waals surface area contributed by atoms with Gasteiger partial charge in [-0.15, -0.1) is 0 Å². The molecule has 1 aliphatic heterocycles. The molecule has 1 saturated carbocycles. The lowest BCUT2D eigenvalue weighted by molar-refractivity contribution is -0.149. The third-order valence-corrected chi connectivity index (χ3v) is 8.06. The number of rotatable bonds is 5. The van der Waals surface area contributed by atoms with Gasteiger partial charge in [-0.1, -0.05) is 25.0 Å². The van der Waals surface area contributed by atoms with E-state index in [2.05, 4.69) is 0 Å².